The van der Waals surface area contributed by atoms with Crippen molar-refractivity contribution in [1.82, 2.24) is 10.2 Å². The summed E-state index contributed by atoms with van der Waals surface area (Å²) in [4.78, 5) is 25.4. The number of benzene rings is 1. The van der Waals surface area contributed by atoms with Crippen LogP contribution in [0.1, 0.15) is 58.2 Å². The van der Waals surface area contributed by atoms with Crippen LogP contribution in [0.2, 0.25) is 0 Å². The van der Waals surface area contributed by atoms with Crippen molar-refractivity contribution >= 4 is 11.8 Å². The summed E-state index contributed by atoms with van der Waals surface area (Å²) < 4.78 is 0. The molecule has 2 rings (SSSR count). The lowest BCUT2D eigenvalue weighted by Gasteiger charge is -2.30. The van der Waals surface area contributed by atoms with E-state index in [1.807, 2.05) is 53.7 Å². The normalized spacial score (nSPS) is 16.7. The summed E-state index contributed by atoms with van der Waals surface area (Å²) in [6, 6.07) is 3.82. The van der Waals surface area contributed by atoms with E-state index in [0.29, 0.717) is 5.75 Å². The van der Waals surface area contributed by atoms with Crippen molar-refractivity contribution in [2.45, 2.75) is 58.9 Å². The van der Waals surface area contributed by atoms with Crippen molar-refractivity contribution in [3.05, 3.63) is 28.8 Å². The topological polar surface area (TPSA) is 69.6 Å². The number of carbonyl (C=O) groups excluding carboxylic acids is 2. The Labute approximate surface area is 144 Å². The molecule has 0 radical (unpaired) electrons. The van der Waals surface area contributed by atoms with Gasteiger partial charge < -0.3 is 5.11 Å². The van der Waals surface area contributed by atoms with Gasteiger partial charge in [-0.05, 0) is 39.7 Å². The van der Waals surface area contributed by atoms with E-state index in [0.717, 1.165) is 16.7 Å². The molecule has 1 aromatic rings. The van der Waals surface area contributed by atoms with Gasteiger partial charge in [0.2, 0.25) is 11.8 Å². The summed E-state index contributed by atoms with van der Waals surface area (Å²) in [6.07, 6.45) is 0. The summed E-state index contributed by atoms with van der Waals surface area (Å²) in [7, 11) is 0. The fourth-order valence-electron chi connectivity index (χ4n) is 2.89. The van der Waals surface area contributed by atoms with E-state index in [1.54, 1.807) is 0 Å². The zero-order chi connectivity index (χ0) is 18.3. The number of hydrogen-bond acceptors (Lipinski definition) is 4. The van der Waals surface area contributed by atoms with Crippen LogP contribution < -0.4 is 5.32 Å². The van der Waals surface area contributed by atoms with Gasteiger partial charge in [-0.3, -0.25) is 19.8 Å². The first-order valence-corrected chi connectivity index (χ1v) is 8.32. The smallest absolute Gasteiger partial charge is 0.243 e. The fraction of sp³-hybridized carbons (Fsp3) is 0.579. The predicted molar refractivity (Wildman–Crippen MR) is 93.9 cm³/mol. The summed E-state index contributed by atoms with van der Waals surface area (Å²) in [5.74, 6) is -0.125. The number of amides is 2. The van der Waals surface area contributed by atoms with Gasteiger partial charge in [-0.2, -0.15) is 0 Å². The largest absolute Gasteiger partial charge is 0.507 e. The molecular weight excluding hydrogens is 304 g/mol. The van der Waals surface area contributed by atoms with E-state index in [2.05, 4.69) is 5.32 Å². The average molecular weight is 332 g/mol. The molecular formula is C19H28N2O3. The molecule has 0 saturated carbocycles. The highest BCUT2D eigenvalue weighted by Crippen LogP contribution is 2.40. The van der Waals surface area contributed by atoms with Gasteiger partial charge >= 0.3 is 0 Å². The molecule has 1 heterocycles. The molecule has 1 aliphatic rings. The first-order chi connectivity index (χ1) is 10.9. The molecule has 24 heavy (non-hydrogen) atoms. The second-order valence-corrected chi connectivity index (χ2v) is 8.52. The molecule has 1 saturated heterocycles. The Balaban J connectivity index is 2.50. The number of aromatic hydroxyl groups is 1. The lowest BCUT2D eigenvalue weighted by atomic mass is 9.78. The van der Waals surface area contributed by atoms with E-state index in [-0.39, 0.29) is 42.3 Å². The molecule has 1 aromatic carbocycles. The van der Waals surface area contributed by atoms with Gasteiger partial charge in [-0.25, -0.2) is 0 Å². The van der Waals surface area contributed by atoms with Crippen molar-refractivity contribution < 1.29 is 14.7 Å². The van der Waals surface area contributed by atoms with Gasteiger partial charge in [0.25, 0.3) is 0 Å². The fourth-order valence-corrected chi connectivity index (χ4v) is 2.89. The van der Waals surface area contributed by atoms with Gasteiger partial charge in [-0.1, -0.05) is 41.5 Å². The summed E-state index contributed by atoms with van der Waals surface area (Å²) >= 11 is 0. The third kappa shape index (κ3) is 3.78. The minimum atomic E-state index is -0.239. The van der Waals surface area contributed by atoms with Crippen LogP contribution in [-0.2, 0) is 27.0 Å². The van der Waals surface area contributed by atoms with Crippen LogP contribution >= 0.6 is 0 Å². The second kappa shape index (κ2) is 6.20. The van der Waals surface area contributed by atoms with Gasteiger partial charge in [0.1, 0.15) is 5.75 Å². The first kappa shape index (κ1) is 18.5. The molecule has 5 nitrogen and oxygen atoms in total. The first-order valence-electron chi connectivity index (χ1n) is 8.32. The zero-order valence-electron chi connectivity index (χ0n) is 15.5. The Bertz CT molecular complexity index is 615. The third-order valence-corrected chi connectivity index (χ3v) is 4.28. The lowest BCUT2D eigenvalue weighted by molar-refractivity contribution is -0.147. The number of phenolic OH excluding ortho intramolecular Hbond substituents is 1. The third-order valence-electron chi connectivity index (χ3n) is 4.28. The van der Waals surface area contributed by atoms with Gasteiger partial charge in [0.15, 0.2) is 0 Å². The van der Waals surface area contributed by atoms with E-state index < -0.39 is 0 Å². The minimum absolute atomic E-state index is 0.183. The molecule has 0 bridgehead atoms. The number of phenols is 1. The van der Waals surface area contributed by atoms with Crippen LogP contribution in [-0.4, -0.2) is 34.9 Å². The molecule has 0 unspecified atom stereocenters. The molecule has 0 aromatic heterocycles. The maximum absolute atomic E-state index is 12.0. The molecule has 132 valence electrons. The van der Waals surface area contributed by atoms with Gasteiger partial charge in [0.05, 0.1) is 19.6 Å². The van der Waals surface area contributed by atoms with E-state index in [4.69, 9.17) is 0 Å². The highest BCUT2D eigenvalue weighted by atomic mass is 16.3. The molecule has 0 aliphatic carbocycles. The molecule has 0 atom stereocenters. The predicted octanol–water partition coefficient (Wildman–Crippen LogP) is 2.45. The van der Waals surface area contributed by atoms with Gasteiger partial charge in [0, 0.05) is 0 Å². The number of nitrogens with zero attached hydrogens (tertiary/aromatic N) is 1. The van der Waals surface area contributed by atoms with Crippen LogP contribution in [0.3, 0.4) is 0 Å². The minimum Gasteiger partial charge on any atom is -0.507 e. The molecule has 1 fully saturated rings. The highest BCUT2D eigenvalue weighted by Gasteiger charge is 2.29. The summed E-state index contributed by atoms with van der Waals surface area (Å²) in [5, 5.41) is 13.5. The molecule has 2 amide bonds. The lowest BCUT2D eigenvalue weighted by Crippen LogP contribution is -2.51. The summed E-state index contributed by atoms with van der Waals surface area (Å²) in [5.41, 5.74) is 2.06. The van der Waals surface area contributed by atoms with Crippen molar-refractivity contribution in [1.29, 1.82) is 0 Å². The van der Waals surface area contributed by atoms with Crippen LogP contribution in [0.15, 0.2) is 12.1 Å². The average Bonchev–Trinajstić information content (AvgIpc) is 2.42. The number of hydrogen-bond donors (Lipinski definition) is 2. The van der Waals surface area contributed by atoms with Crippen molar-refractivity contribution in [3.8, 4) is 5.75 Å². The zero-order valence-corrected chi connectivity index (χ0v) is 15.5. The quantitative estimate of drug-likeness (QED) is 0.816. The SMILES string of the molecule is CC(C)(C)c1cc(CN2C(=O)CNCC2=O)cc(C(C)(C)C)c1O. The summed E-state index contributed by atoms with van der Waals surface area (Å²) in [6.45, 7) is 12.9. The van der Waals surface area contributed by atoms with E-state index in [1.165, 1.54) is 4.90 Å². The van der Waals surface area contributed by atoms with Crippen molar-refractivity contribution in [3.63, 3.8) is 0 Å². The Hall–Kier alpha value is -1.88. The second-order valence-electron chi connectivity index (χ2n) is 8.52. The van der Waals surface area contributed by atoms with E-state index in [9.17, 15) is 14.7 Å². The molecule has 0 spiro atoms. The number of imide groups is 1. The standard InChI is InChI=1S/C19H28N2O3/c1-18(2,3)13-7-12(8-14(17(13)24)19(4,5)6)11-21-15(22)9-20-10-16(21)23/h7-8,20,24H,9-11H2,1-6H3. The monoisotopic (exact) mass is 332 g/mol. The van der Waals surface area contributed by atoms with E-state index >= 15 is 0 Å². The molecule has 1 aliphatic heterocycles. The van der Waals surface area contributed by atoms with Crippen LogP contribution in [0, 0.1) is 0 Å². The number of rotatable bonds is 2. The Morgan fingerprint density at radius 3 is 1.75 bits per heavy atom. The van der Waals surface area contributed by atoms with Gasteiger partial charge in [-0.15, -0.1) is 0 Å². The Morgan fingerprint density at radius 2 is 1.38 bits per heavy atom. The Morgan fingerprint density at radius 1 is 0.958 bits per heavy atom. The van der Waals surface area contributed by atoms with Crippen molar-refractivity contribution in [2.75, 3.05) is 13.1 Å². The maximum Gasteiger partial charge on any atom is 0.243 e. The molecule has 2 N–H and O–H groups in total. The number of piperazine rings is 1. The van der Waals surface area contributed by atoms with Crippen LogP contribution in [0.4, 0.5) is 0 Å². The van der Waals surface area contributed by atoms with Crippen LogP contribution in [0.25, 0.3) is 0 Å². The van der Waals surface area contributed by atoms with Crippen molar-refractivity contribution in [2.24, 2.45) is 0 Å². The highest BCUT2D eigenvalue weighted by molar-refractivity contribution is 5.99. The van der Waals surface area contributed by atoms with Crippen LogP contribution in [0.5, 0.6) is 5.75 Å². The number of nitrogens with one attached hydrogen (secondary N) is 1. The number of carbonyl (C=O) groups is 2. The maximum atomic E-state index is 12.0. The molecule has 5 heteroatoms. The Kier molecular flexibility index (Phi) is 4.77.